The van der Waals surface area contributed by atoms with Crippen molar-refractivity contribution in [1.29, 1.82) is 0 Å². The summed E-state index contributed by atoms with van der Waals surface area (Å²) in [4.78, 5) is 26.3. The molecule has 0 aliphatic carbocycles. The summed E-state index contributed by atoms with van der Waals surface area (Å²) >= 11 is 12.0. The molecule has 0 aliphatic rings. The second kappa shape index (κ2) is 5.87. The maximum atomic E-state index is 12.0. The van der Waals surface area contributed by atoms with E-state index < -0.39 is 11.4 Å². The maximum absolute atomic E-state index is 12.0. The van der Waals surface area contributed by atoms with Gasteiger partial charge in [-0.25, -0.2) is 14.3 Å². The minimum Gasteiger partial charge on any atom is -0.256 e. The molecule has 0 radical (unpaired) electrons. The minimum atomic E-state index is -0.500. The third-order valence-corrected chi connectivity index (χ3v) is 3.81. The van der Waals surface area contributed by atoms with Gasteiger partial charge in [-0.15, -0.1) is 0 Å². The van der Waals surface area contributed by atoms with E-state index in [0.29, 0.717) is 21.3 Å². The predicted molar refractivity (Wildman–Crippen MR) is 86.2 cm³/mol. The molecule has 7 heteroatoms. The van der Waals surface area contributed by atoms with E-state index in [1.807, 2.05) is 6.07 Å². The number of halogens is 2. The van der Waals surface area contributed by atoms with Crippen LogP contribution in [0.2, 0.25) is 10.0 Å². The van der Waals surface area contributed by atoms with Crippen LogP contribution < -0.4 is 11.4 Å². The standard InChI is InChI=1S/C15H11Cl2N3O2/c16-11-7-6-10(13(17)8-11)9-19-14(21)18-15(22)20(19)12-4-2-1-3-5-12/h1-8H,9H2,(H,18,21,22). The molecule has 0 aliphatic heterocycles. The molecule has 0 unspecified atom stereocenters. The normalized spacial score (nSPS) is 10.8. The molecule has 112 valence electrons. The van der Waals surface area contributed by atoms with Crippen LogP contribution in [0.1, 0.15) is 5.56 Å². The Morgan fingerprint density at radius 3 is 2.36 bits per heavy atom. The average molecular weight is 336 g/mol. The Morgan fingerprint density at radius 1 is 0.955 bits per heavy atom. The van der Waals surface area contributed by atoms with Gasteiger partial charge < -0.3 is 0 Å². The van der Waals surface area contributed by atoms with Crippen molar-refractivity contribution in [2.45, 2.75) is 6.54 Å². The molecule has 0 atom stereocenters. The minimum absolute atomic E-state index is 0.155. The van der Waals surface area contributed by atoms with E-state index >= 15 is 0 Å². The summed E-state index contributed by atoms with van der Waals surface area (Å²) in [7, 11) is 0. The zero-order valence-electron chi connectivity index (χ0n) is 11.3. The lowest BCUT2D eigenvalue weighted by Crippen LogP contribution is -2.26. The van der Waals surface area contributed by atoms with Gasteiger partial charge in [0, 0.05) is 10.0 Å². The maximum Gasteiger partial charge on any atom is 0.349 e. The number of benzene rings is 2. The molecule has 22 heavy (non-hydrogen) atoms. The molecular weight excluding hydrogens is 325 g/mol. The van der Waals surface area contributed by atoms with Crippen molar-refractivity contribution < 1.29 is 0 Å². The molecule has 0 amide bonds. The van der Waals surface area contributed by atoms with E-state index in [2.05, 4.69) is 4.98 Å². The summed E-state index contributed by atoms with van der Waals surface area (Å²) < 4.78 is 2.58. The van der Waals surface area contributed by atoms with Crippen molar-refractivity contribution >= 4 is 23.2 Å². The molecule has 0 saturated carbocycles. The Balaban J connectivity index is 2.12. The molecule has 3 aromatic rings. The highest BCUT2D eigenvalue weighted by Crippen LogP contribution is 2.21. The molecule has 0 spiro atoms. The van der Waals surface area contributed by atoms with Gasteiger partial charge >= 0.3 is 11.4 Å². The fourth-order valence-corrected chi connectivity index (χ4v) is 2.66. The molecule has 0 bridgehead atoms. The summed E-state index contributed by atoms with van der Waals surface area (Å²) in [6.07, 6.45) is 0. The van der Waals surface area contributed by atoms with Crippen LogP contribution in [0.25, 0.3) is 5.69 Å². The summed E-state index contributed by atoms with van der Waals surface area (Å²) in [6, 6.07) is 13.9. The molecule has 1 aromatic heterocycles. The van der Waals surface area contributed by atoms with Crippen LogP contribution >= 0.6 is 23.2 Å². The number of nitrogens with one attached hydrogen (secondary N) is 1. The highest BCUT2D eigenvalue weighted by atomic mass is 35.5. The van der Waals surface area contributed by atoms with Crippen molar-refractivity contribution in [3.05, 3.63) is 85.1 Å². The Bertz CT molecular complexity index is 926. The molecule has 2 aromatic carbocycles. The first-order valence-corrected chi connectivity index (χ1v) is 7.23. The second-order valence-electron chi connectivity index (χ2n) is 4.68. The van der Waals surface area contributed by atoms with E-state index in [9.17, 15) is 9.59 Å². The highest BCUT2D eigenvalue weighted by molar-refractivity contribution is 6.35. The lowest BCUT2D eigenvalue weighted by Gasteiger charge is -2.11. The van der Waals surface area contributed by atoms with Gasteiger partial charge in [-0.3, -0.25) is 4.98 Å². The van der Waals surface area contributed by atoms with Crippen molar-refractivity contribution in [3.8, 4) is 5.69 Å². The van der Waals surface area contributed by atoms with E-state index in [4.69, 9.17) is 23.2 Å². The number of hydrogen-bond acceptors (Lipinski definition) is 2. The molecular formula is C15H11Cl2N3O2. The fourth-order valence-electron chi connectivity index (χ4n) is 2.19. The van der Waals surface area contributed by atoms with Gasteiger partial charge in [0.2, 0.25) is 0 Å². The van der Waals surface area contributed by atoms with Crippen LogP contribution in [-0.2, 0) is 6.54 Å². The lowest BCUT2D eigenvalue weighted by atomic mass is 10.2. The Kier molecular flexibility index (Phi) is 3.92. The first-order chi connectivity index (χ1) is 10.6. The Labute approximate surface area is 135 Å². The number of rotatable bonds is 3. The Morgan fingerprint density at radius 2 is 1.68 bits per heavy atom. The SMILES string of the molecule is O=c1[nH]c(=O)n(-c2ccccc2)n1Cc1ccc(Cl)cc1Cl. The summed E-state index contributed by atoms with van der Waals surface area (Å²) in [5.41, 5.74) is 0.286. The number of aromatic nitrogens is 3. The molecule has 3 rings (SSSR count). The van der Waals surface area contributed by atoms with Crippen molar-refractivity contribution in [3.63, 3.8) is 0 Å². The molecule has 0 saturated heterocycles. The number of hydrogen-bond donors (Lipinski definition) is 1. The number of para-hydroxylation sites is 1. The number of nitrogens with zero attached hydrogens (tertiary/aromatic N) is 2. The van der Waals surface area contributed by atoms with E-state index in [0.717, 1.165) is 0 Å². The van der Waals surface area contributed by atoms with Crippen LogP contribution in [0.4, 0.5) is 0 Å². The van der Waals surface area contributed by atoms with Crippen LogP contribution in [0.5, 0.6) is 0 Å². The quantitative estimate of drug-likeness (QED) is 0.799. The highest BCUT2D eigenvalue weighted by Gasteiger charge is 2.12. The van der Waals surface area contributed by atoms with Crippen LogP contribution in [0, 0.1) is 0 Å². The third kappa shape index (κ3) is 2.73. The van der Waals surface area contributed by atoms with Gasteiger partial charge in [0.15, 0.2) is 0 Å². The zero-order valence-corrected chi connectivity index (χ0v) is 12.8. The van der Waals surface area contributed by atoms with Crippen molar-refractivity contribution in [2.24, 2.45) is 0 Å². The lowest BCUT2D eigenvalue weighted by molar-refractivity contribution is 0.576. The number of aromatic amines is 1. The van der Waals surface area contributed by atoms with Gasteiger partial charge in [0.05, 0.1) is 12.2 Å². The van der Waals surface area contributed by atoms with Crippen LogP contribution in [0.15, 0.2) is 58.1 Å². The molecule has 5 nitrogen and oxygen atoms in total. The van der Waals surface area contributed by atoms with Gasteiger partial charge in [0.25, 0.3) is 0 Å². The molecule has 1 N–H and O–H groups in total. The zero-order chi connectivity index (χ0) is 15.7. The van der Waals surface area contributed by atoms with Gasteiger partial charge in [-0.1, -0.05) is 47.5 Å². The third-order valence-electron chi connectivity index (χ3n) is 3.22. The van der Waals surface area contributed by atoms with Crippen LogP contribution in [-0.4, -0.2) is 14.3 Å². The second-order valence-corrected chi connectivity index (χ2v) is 5.52. The van der Waals surface area contributed by atoms with Gasteiger partial charge in [0.1, 0.15) is 0 Å². The summed E-state index contributed by atoms with van der Waals surface area (Å²) in [5, 5.41) is 0.947. The van der Waals surface area contributed by atoms with E-state index in [-0.39, 0.29) is 6.54 Å². The largest absolute Gasteiger partial charge is 0.349 e. The van der Waals surface area contributed by atoms with Gasteiger partial charge in [-0.2, -0.15) is 4.68 Å². The van der Waals surface area contributed by atoms with Gasteiger partial charge in [-0.05, 0) is 29.8 Å². The first kappa shape index (κ1) is 14.7. The Hall–Kier alpha value is -2.24. The number of H-pyrrole nitrogens is 1. The summed E-state index contributed by atoms with van der Waals surface area (Å²) in [5.74, 6) is 0. The topological polar surface area (TPSA) is 59.8 Å². The summed E-state index contributed by atoms with van der Waals surface area (Å²) in [6.45, 7) is 0.155. The smallest absolute Gasteiger partial charge is 0.256 e. The van der Waals surface area contributed by atoms with E-state index in [1.165, 1.54) is 9.36 Å². The van der Waals surface area contributed by atoms with Crippen molar-refractivity contribution in [1.82, 2.24) is 14.3 Å². The molecule has 0 fully saturated rings. The first-order valence-electron chi connectivity index (χ1n) is 6.48. The molecule has 1 heterocycles. The predicted octanol–water partition coefficient (Wildman–Crippen LogP) is 2.68. The fraction of sp³-hybridized carbons (Fsp3) is 0.0667. The van der Waals surface area contributed by atoms with E-state index in [1.54, 1.807) is 42.5 Å². The monoisotopic (exact) mass is 335 g/mol. The van der Waals surface area contributed by atoms with Crippen molar-refractivity contribution in [2.75, 3.05) is 0 Å². The average Bonchev–Trinajstić information content (AvgIpc) is 2.77. The van der Waals surface area contributed by atoms with Crippen LogP contribution in [0.3, 0.4) is 0 Å².